The van der Waals surface area contributed by atoms with E-state index < -0.39 is 0 Å². The van der Waals surface area contributed by atoms with Crippen molar-refractivity contribution < 1.29 is 5.21 Å². The molecule has 0 aromatic heterocycles. The van der Waals surface area contributed by atoms with Crippen LogP contribution in [0.25, 0.3) is 0 Å². The van der Waals surface area contributed by atoms with Crippen molar-refractivity contribution in [3.05, 3.63) is 29.3 Å². The molecule has 1 rings (SSSR count). The zero-order chi connectivity index (χ0) is 12.3. The highest BCUT2D eigenvalue weighted by molar-refractivity contribution is 8.00. The molecule has 4 heteroatoms. The lowest BCUT2D eigenvalue weighted by Gasteiger charge is -2.19. The Balaban J connectivity index is 3.18. The Labute approximate surface area is 101 Å². The lowest BCUT2D eigenvalue weighted by molar-refractivity contribution is 0.318. The zero-order valence-electron chi connectivity index (χ0n) is 10.1. The minimum Gasteiger partial charge on any atom is -0.409 e. The van der Waals surface area contributed by atoms with Crippen molar-refractivity contribution in [1.29, 1.82) is 0 Å². The monoisotopic (exact) mass is 238 g/mol. The lowest BCUT2D eigenvalue weighted by atomic mass is 10.1. The lowest BCUT2D eigenvalue weighted by Crippen LogP contribution is -2.16. The standard InChI is InChI=1S/C12H18N2OS/c1-8-5-6-10(16-12(2,3)4)9(7-8)11(13)14-15/h5-7,15H,1-4H3,(H2,13,14). The maximum absolute atomic E-state index is 8.76. The molecular formula is C12H18N2OS. The van der Waals surface area contributed by atoms with Crippen LogP contribution in [0.15, 0.2) is 28.3 Å². The van der Waals surface area contributed by atoms with Crippen molar-refractivity contribution in [2.45, 2.75) is 37.3 Å². The van der Waals surface area contributed by atoms with Crippen LogP contribution >= 0.6 is 11.8 Å². The molecule has 0 aliphatic heterocycles. The zero-order valence-corrected chi connectivity index (χ0v) is 10.9. The average Bonchev–Trinajstić information content (AvgIpc) is 2.17. The molecule has 0 heterocycles. The van der Waals surface area contributed by atoms with Gasteiger partial charge in [0.15, 0.2) is 5.84 Å². The van der Waals surface area contributed by atoms with Crippen LogP contribution < -0.4 is 5.73 Å². The summed E-state index contributed by atoms with van der Waals surface area (Å²) in [5.74, 6) is 0.162. The summed E-state index contributed by atoms with van der Waals surface area (Å²) < 4.78 is 0.0970. The van der Waals surface area contributed by atoms with Crippen molar-refractivity contribution in [1.82, 2.24) is 0 Å². The number of oxime groups is 1. The number of nitrogens with two attached hydrogens (primary N) is 1. The number of hydrogen-bond donors (Lipinski definition) is 2. The Morgan fingerprint density at radius 2 is 2.00 bits per heavy atom. The molecule has 0 atom stereocenters. The maximum Gasteiger partial charge on any atom is 0.171 e. The van der Waals surface area contributed by atoms with Gasteiger partial charge in [-0.25, -0.2) is 0 Å². The van der Waals surface area contributed by atoms with Gasteiger partial charge >= 0.3 is 0 Å². The first kappa shape index (κ1) is 12.9. The molecule has 0 spiro atoms. The van der Waals surface area contributed by atoms with Crippen LogP contribution in [0.2, 0.25) is 0 Å². The number of amidine groups is 1. The van der Waals surface area contributed by atoms with Crippen molar-refractivity contribution in [2.75, 3.05) is 0 Å². The van der Waals surface area contributed by atoms with Crippen LogP contribution in [0.4, 0.5) is 0 Å². The van der Waals surface area contributed by atoms with E-state index >= 15 is 0 Å². The minimum atomic E-state index is 0.0970. The summed E-state index contributed by atoms with van der Waals surface area (Å²) in [6.07, 6.45) is 0. The van der Waals surface area contributed by atoms with E-state index in [0.717, 1.165) is 16.0 Å². The summed E-state index contributed by atoms with van der Waals surface area (Å²) in [5.41, 5.74) is 7.56. The molecule has 0 aliphatic rings. The summed E-state index contributed by atoms with van der Waals surface area (Å²) in [6.45, 7) is 8.38. The van der Waals surface area contributed by atoms with Gasteiger partial charge in [-0.2, -0.15) is 0 Å². The molecule has 0 fully saturated rings. The van der Waals surface area contributed by atoms with Gasteiger partial charge in [0.05, 0.1) is 0 Å². The summed E-state index contributed by atoms with van der Waals surface area (Å²) >= 11 is 1.71. The highest BCUT2D eigenvalue weighted by Crippen LogP contribution is 2.34. The summed E-state index contributed by atoms with van der Waals surface area (Å²) in [5, 5.41) is 11.8. The van der Waals surface area contributed by atoms with E-state index in [9.17, 15) is 0 Å². The fourth-order valence-electron chi connectivity index (χ4n) is 1.32. The Morgan fingerprint density at radius 1 is 1.38 bits per heavy atom. The molecule has 0 amide bonds. The van der Waals surface area contributed by atoms with E-state index in [2.05, 4.69) is 25.9 Å². The molecule has 16 heavy (non-hydrogen) atoms. The van der Waals surface area contributed by atoms with Gasteiger partial charge < -0.3 is 10.9 Å². The average molecular weight is 238 g/mol. The highest BCUT2D eigenvalue weighted by Gasteiger charge is 2.16. The van der Waals surface area contributed by atoms with Crippen LogP contribution in [0.3, 0.4) is 0 Å². The molecule has 1 aromatic rings. The van der Waals surface area contributed by atoms with E-state index in [4.69, 9.17) is 10.9 Å². The molecular weight excluding hydrogens is 220 g/mol. The summed E-state index contributed by atoms with van der Waals surface area (Å²) in [6, 6.07) is 5.98. The number of thioether (sulfide) groups is 1. The van der Waals surface area contributed by atoms with E-state index in [0.29, 0.717) is 0 Å². The number of rotatable bonds is 2. The van der Waals surface area contributed by atoms with Crippen molar-refractivity contribution >= 4 is 17.6 Å². The summed E-state index contributed by atoms with van der Waals surface area (Å²) in [4.78, 5) is 1.04. The molecule has 0 saturated heterocycles. The van der Waals surface area contributed by atoms with E-state index in [-0.39, 0.29) is 10.6 Å². The first-order valence-electron chi connectivity index (χ1n) is 5.11. The Morgan fingerprint density at radius 3 is 2.50 bits per heavy atom. The smallest absolute Gasteiger partial charge is 0.171 e. The van der Waals surface area contributed by atoms with Gasteiger partial charge in [0, 0.05) is 15.2 Å². The Bertz CT molecular complexity index is 408. The number of nitrogens with zero attached hydrogens (tertiary/aromatic N) is 1. The molecule has 3 N–H and O–H groups in total. The first-order valence-corrected chi connectivity index (χ1v) is 5.93. The largest absolute Gasteiger partial charge is 0.409 e. The number of benzene rings is 1. The Kier molecular flexibility index (Phi) is 3.86. The van der Waals surface area contributed by atoms with Crippen LogP contribution in [0.5, 0.6) is 0 Å². The fourth-order valence-corrected chi connectivity index (χ4v) is 2.39. The third kappa shape index (κ3) is 3.45. The van der Waals surface area contributed by atoms with E-state index in [1.54, 1.807) is 11.8 Å². The fraction of sp³-hybridized carbons (Fsp3) is 0.417. The van der Waals surface area contributed by atoms with Crippen LogP contribution in [0.1, 0.15) is 31.9 Å². The quantitative estimate of drug-likeness (QED) is 0.274. The third-order valence-electron chi connectivity index (χ3n) is 1.93. The molecule has 3 nitrogen and oxygen atoms in total. The number of hydrogen-bond acceptors (Lipinski definition) is 3. The summed E-state index contributed by atoms with van der Waals surface area (Å²) in [7, 11) is 0. The molecule has 0 saturated carbocycles. The number of aryl methyl sites for hydroxylation is 1. The topological polar surface area (TPSA) is 58.6 Å². The third-order valence-corrected chi connectivity index (χ3v) is 3.12. The van der Waals surface area contributed by atoms with Crippen LogP contribution in [0, 0.1) is 6.92 Å². The molecule has 0 aliphatic carbocycles. The SMILES string of the molecule is Cc1ccc(SC(C)(C)C)c(/C(N)=N/O)c1. The normalized spacial score (nSPS) is 12.9. The second-order valence-corrected chi connectivity index (χ2v) is 6.57. The predicted octanol–water partition coefficient (Wildman–Crippen LogP) is 2.98. The van der Waals surface area contributed by atoms with Crippen molar-refractivity contribution in [3.63, 3.8) is 0 Å². The first-order chi connectivity index (χ1) is 7.33. The molecule has 88 valence electrons. The van der Waals surface area contributed by atoms with Crippen LogP contribution in [-0.4, -0.2) is 15.8 Å². The predicted molar refractivity (Wildman–Crippen MR) is 69.3 cm³/mol. The molecule has 0 radical (unpaired) electrons. The van der Waals surface area contributed by atoms with Crippen molar-refractivity contribution in [2.24, 2.45) is 10.9 Å². The van der Waals surface area contributed by atoms with E-state index in [1.807, 2.05) is 25.1 Å². The molecule has 0 bridgehead atoms. The Hall–Kier alpha value is -1.16. The van der Waals surface area contributed by atoms with Gasteiger partial charge in [0.2, 0.25) is 0 Å². The van der Waals surface area contributed by atoms with Crippen LogP contribution in [-0.2, 0) is 0 Å². The minimum absolute atomic E-state index is 0.0970. The van der Waals surface area contributed by atoms with Gasteiger partial charge in [-0.3, -0.25) is 0 Å². The van der Waals surface area contributed by atoms with E-state index in [1.165, 1.54) is 0 Å². The highest BCUT2D eigenvalue weighted by atomic mass is 32.2. The second-order valence-electron chi connectivity index (χ2n) is 4.70. The van der Waals surface area contributed by atoms with Gasteiger partial charge in [-0.05, 0) is 19.1 Å². The van der Waals surface area contributed by atoms with Gasteiger partial charge in [0.1, 0.15) is 0 Å². The molecule has 1 aromatic carbocycles. The van der Waals surface area contributed by atoms with Gasteiger partial charge in [0.25, 0.3) is 0 Å². The van der Waals surface area contributed by atoms with Gasteiger partial charge in [-0.15, -0.1) is 11.8 Å². The maximum atomic E-state index is 8.76. The molecule has 0 unspecified atom stereocenters. The second kappa shape index (κ2) is 4.78. The van der Waals surface area contributed by atoms with Crippen molar-refractivity contribution in [3.8, 4) is 0 Å². The van der Waals surface area contributed by atoms with Gasteiger partial charge in [-0.1, -0.05) is 37.6 Å².